The molecule has 5 nitrogen and oxygen atoms in total. The first-order valence-electron chi connectivity index (χ1n) is 6.50. The third-order valence-electron chi connectivity index (χ3n) is 3.26. The fourth-order valence-electron chi connectivity index (χ4n) is 1.55. The lowest BCUT2D eigenvalue weighted by molar-refractivity contribution is -0.229. The van der Waals surface area contributed by atoms with Gasteiger partial charge in [0.15, 0.2) is 6.29 Å². The molecule has 110 valence electrons. The summed E-state index contributed by atoms with van der Waals surface area (Å²) in [5.74, 6) is -0.365. The molecule has 4 atom stereocenters. The molecule has 5 heteroatoms. The minimum atomic E-state index is -0.909. The van der Waals surface area contributed by atoms with E-state index in [4.69, 9.17) is 14.6 Å². The van der Waals surface area contributed by atoms with Gasteiger partial charge in [-0.2, -0.15) is 0 Å². The molecule has 0 bridgehead atoms. The molecule has 0 aromatic carbocycles. The first-order valence-corrected chi connectivity index (χ1v) is 6.50. The summed E-state index contributed by atoms with van der Waals surface area (Å²) in [7, 11) is 0. The van der Waals surface area contributed by atoms with Crippen LogP contribution >= 0.6 is 0 Å². The molecule has 0 aliphatic carbocycles. The predicted octanol–water partition coefficient (Wildman–Crippen LogP) is 0.904. The van der Waals surface area contributed by atoms with Crippen molar-refractivity contribution in [3.63, 3.8) is 0 Å². The molecular weight excluding hydrogens is 236 g/mol. The fourth-order valence-corrected chi connectivity index (χ4v) is 1.55. The van der Waals surface area contributed by atoms with Crippen molar-refractivity contribution in [3.8, 4) is 0 Å². The van der Waals surface area contributed by atoms with Gasteiger partial charge < -0.3 is 24.8 Å². The Balaban J connectivity index is 4.36. The Labute approximate surface area is 110 Å². The molecule has 0 aliphatic heterocycles. The molecule has 0 saturated carbocycles. The Morgan fingerprint density at radius 2 is 1.67 bits per heavy atom. The van der Waals surface area contributed by atoms with E-state index in [0.29, 0.717) is 0 Å². The number of rotatable bonds is 9. The Hall–Kier alpha value is -0.200. The van der Waals surface area contributed by atoms with Gasteiger partial charge in [0.2, 0.25) is 0 Å². The van der Waals surface area contributed by atoms with E-state index < -0.39 is 18.5 Å². The molecule has 0 aromatic heterocycles. The molecule has 0 fully saturated rings. The average Bonchev–Trinajstić information content (AvgIpc) is 2.33. The van der Waals surface area contributed by atoms with Crippen LogP contribution in [0.25, 0.3) is 0 Å². The monoisotopic (exact) mass is 264 g/mol. The maximum absolute atomic E-state index is 9.54. The minimum absolute atomic E-state index is 0.224. The predicted molar refractivity (Wildman–Crippen MR) is 69.1 cm³/mol. The molecular formula is C13H28O5. The second-order valence-corrected chi connectivity index (χ2v) is 5.26. The zero-order chi connectivity index (χ0) is 14.3. The second-order valence-electron chi connectivity index (χ2n) is 5.26. The minimum Gasteiger partial charge on any atom is -0.394 e. The van der Waals surface area contributed by atoms with E-state index in [1.165, 1.54) is 0 Å². The van der Waals surface area contributed by atoms with Gasteiger partial charge in [-0.05, 0) is 27.2 Å². The summed E-state index contributed by atoms with van der Waals surface area (Å²) in [4.78, 5) is 0. The van der Waals surface area contributed by atoms with Crippen molar-refractivity contribution in [3.05, 3.63) is 0 Å². The number of ether oxygens (including phenoxy) is 2. The van der Waals surface area contributed by atoms with Crippen molar-refractivity contribution in [1.82, 2.24) is 0 Å². The van der Waals surface area contributed by atoms with Gasteiger partial charge in [0.1, 0.15) is 0 Å². The van der Waals surface area contributed by atoms with Crippen molar-refractivity contribution in [1.29, 1.82) is 0 Å². The maximum atomic E-state index is 9.54. The molecule has 0 amide bonds. The van der Waals surface area contributed by atoms with E-state index in [1.54, 1.807) is 13.8 Å². The van der Waals surface area contributed by atoms with Crippen molar-refractivity contribution in [2.45, 2.75) is 65.1 Å². The summed E-state index contributed by atoms with van der Waals surface area (Å²) in [5, 5.41) is 27.7. The molecule has 0 saturated heterocycles. The van der Waals surface area contributed by atoms with E-state index in [-0.39, 0.29) is 24.7 Å². The van der Waals surface area contributed by atoms with Crippen LogP contribution in [0.3, 0.4) is 0 Å². The van der Waals surface area contributed by atoms with Crippen LogP contribution in [0.2, 0.25) is 0 Å². The SMILES string of the molecule is CCC(C)(C)OC(C)OC(CO)[C@@H](C)[C@H](O)CO. The van der Waals surface area contributed by atoms with Crippen LogP contribution in [0.15, 0.2) is 0 Å². The number of aliphatic hydroxyl groups is 3. The van der Waals surface area contributed by atoms with E-state index in [9.17, 15) is 10.2 Å². The van der Waals surface area contributed by atoms with Crippen LogP contribution in [-0.2, 0) is 9.47 Å². The number of hydrogen-bond acceptors (Lipinski definition) is 5. The van der Waals surface area contributed by atoms with Gasteiger partial charge >= 0.3 is 0 Å². The molecule has 0 heterocycles. The van der Waals surface area contributed by atoms with Gasteiger partial charge in [-0.3, -0.25) is 0 Å². The highest BCUT2D eigenvalue weighted by molar-refractivity contribution is 4.73. The van der Waals surface area contributed by atoms with Gasteiger partial charge in [-0.15, -0.1) is 0 Å². The highest BCUT2D eigenvalue weighted by atomic mass is 16.7. The standard InChI is InChI=1S/C13H28O5/c1-6-13(4,5)18-10(3)17-12(8-15)9(2)11(16)7-14/h9-12,14-16H,6-8H2,1-5H3/t9-,10?,11+,12?/m0/s1. The molecule has 18 heavy (non-hydrogen) atoms. The van der Waals surface area contributed by atoms with Crippen LogP contribution in [0, 0.1) is 5.92 Å². The van der Waals surface area contributed by atoms with Gasteiger partial charge in [0.05, 0.1) is 31.0 Å². The first kappa shape index (κ1) is 17.8. The second kappa shape index (κ2) is 8.07. The van der Waals surface area contributed by atoms with Crippen LogP contribution in [-0.4, -0.2) is 52.6 Å². The summed E-state index contributed by atoms with van der Waals surface area (Å²) < 4.78 is 11.3. The highest BCUT2D eigenvalue weighted by Crippen LogP contribution is 2.20. The average molecular weight is 264 g/mol. The summed E-state index contributed by atoms with van der Waals surface area (Å²) in [6, 6.07) is 0. The number of hydrogen-bond donors (Lipinski definition) is 3. The van der Waals surface area contributed by atoms with Crippen LogP contribution < -0.4 is 0 Å². The van der Waals surface area contributed by atoms with E-state index in [2.05, 4.69) is 0 Å². The van der Waals surface area contributed by atoms with Crippen molar-refractivity contribution < 1.29 is 24.8 Å². The Kier molecular flexibility index (Phi) is 7.98. The topological polar surface area (TPSA) is 79.2 Å². The van der Waals surface area contributed by atoms with Crippen molar-refractivity contribution in [2.24, 2.45) is 5.92 Å². The van der Waals surface area contributed by atoms with E-state index >= 15 is 0 Å². The summed E-state index contributed by atoms with van der Waals surface area (Å²) >= 11 is 0. The Bertz CT molecular complexity index is 219. The quantitative estimate of drug-likeness (QED) is 0.539. The first-order chi connectivity index (χ1) is 8.27. The van der Waals surface area contributed by atoms with Crippen molar-refractivity contribution in [2.75, 3.05) is 13.2 Å². The molecule has 0 spiro atoms. The lowest BCUT2D eigenvalue weighted by Crippen LogP contribution is -2.40. The van der Waals surface area contributed by atoms with E-state index in [0.717, 1.165) is 6.42 Å². The molecule has 0 aliphatic rings. The van der Waals surface area contributed by atoms with Crippen molar-refractivity contribution >= 4 is 0 Å². The molecule has 3 N–H and O–H groups in total. The van der Waals surface area contributed by atoms with Crippen LogP contribution in [0.1, 0.15) is 41.0 Å². The third kappa shape index (κ3) is 6.11. The molecule has 0 rings (SSSR count). The zero-order valence-corrected chi connectivity index (χ0v) is 12.1. The summed E-state index contributed by atoms with van der Waals surface area (Å²) in [6.07, 6.45) is -1.10. The highest BCUT2D eigenvalue weighted by Gasteiger charge is 2.28. The zero-order valence-electron chi connectivity index (χ0n) is 12.1. The maximum Gasteiger partial charge on any atom is 0.156 e. The number of aliphatic hydroxyl groups excluding tert-OH is 3. The lowest BCUT2D eigenvalue weighted by atomic mass is 9.99. The normalized spacial score (nSPS) is 19.3. The van der Waals surface area contributed by atoms with Gasteiger partial charge in [-0.1, -0.05) is 13.8 Å². The van der Waals surface area contributed by atoms with Crippen LogP contribution in [0.4, 0.5) is 0 Å². The summed E-state index contributed by atoms with van der Waals surface area (Å²) in [5.41, 5.74) is -0.293. The third-order valence-corrected chi connectivity index (χ3v) is 3.26. The molecule has 2 unspecified atom stereocenters. The van der Waals surface area contributed by atoms with Gasteiger partial charge in [0, 0.05) is 5.92 Å². The Morgan fingerprint density at radius 1 is 1.11 bits per heavy atom. The molecule has 0 aromatic rings. The van der Waals surface area contributed by atoms with E-state index in [1.807, 2.05) is 20.8 Å². The molecule has 0 radical (unpaired) electrons. The largest absolute Gasteiger partial charge is 0.394 e. The summed E-state index contributed by atoms with van der Waals surface area (Å²) in [6.45, 7) is 8.86. The lowest BCUT2D eigenvalue weighted by Gasteiger charge is -2.32. The Morgan fingerprint density at radius 3 is 2.06 bits per heavy atom. The van der Waals surface area contributed by atoms with Gasteiger partial charge in [0.25, 0.3) is 0 Å². The fraction of sp³-hybridized carbons (Fsp3) is 1.00. The van der Waals surface area contributed by atoms with Crippen LogP contribution in [0.5, 0.6) is 0 Å². The van der Waals surface area contributed by atoms with Gasteiger partial charge in [-0.25, -0.2) is 0 Å². The smallest absolute Gasteiger partial charge is 0.156 e.